The zero-order chi connectivity index (χ0) is 21.0. The van der Waals surface area contributed by atoms with Gasteiger partial charge < -0.3 is 19.2 Å². The number of carbonyl (C=O) groups excluding carboxylic acids is 2. The molecule has 3 rings (SSSR count). The van der Waals surface area contributed by atoms with Crippen molar-refractivity contribution < 1.29 is 28.6 Å². The maximum atomic E-state index is 13.1. The lowest BCUT2D eigenvalue weighted by Crippen LogP contribution is -2.35. The van der Waals surface area contributed by atoms with Crippen LogP contribution in [-0.2, 0) is 16.0 Å². The maximum Gasteiger partial charge on any atom is 0.323 e. The third kappa shape index (κ3) is 4.45. The van der Waals surface area contributed by atoms with Crippen LogP contribution in [0.2, 0.25) is 0 Å². The Morgan fingerprint density at radius 2 is 1.76 bits per heavy atom. The van der Waals surface area contributed by atoms with Gasteiger partial charge in [-0.2, -0.15) is 0 Å². The fraction of sp³-hybridized carbons (Fsp3) is 0.227. The van der Waals surface area contributed by atoms with Gasteiger partial charge in [-0.05, 0) is 30.3 Å². The molecule has 3 aromatic rings. The van der Waals surface area contributed by atoms with E-state index in [9.17, 15) is 14.4 Å². The van der Waals surface area contributed by atoms with Crippen LogP contribution in [0, 0.1) is 0 Å². The summed E-state index contributed by atoms with van der Waals surface area (Å²) in [4.78, 5) is 36.6. The van der Waals surface area contributed by atoms with Gasteiger partial charge in [0, 0.05) is 24.4 Å². The Kier molecular flexibility index (Phi) is 5.97. The van der Waals surface area contributed by atoms with Crippen molar-refractivity contribution in [3.63, 3.8) is 0 Å². The number of aliphatic carboxylic acids is 1. The second-order valence-electron chi connectivity index (χ2n) is 6.54. The molecule has 0 radical (unpaired) electrons. The molecule has 1 amide bonds. The van der Waals surface area contributed by atoms with E-state index < -0.39 is 18.4 Å². The fourth-order valence-corrected chi connectivity index (χ4v) is 2.99. The highest BCUT2D eigenvalue weighted by Crippen LogP contribution is 2.29. The molecule has 7 heteroatoms. The van der Waals surface area contributed by atoms with Gasteiger partial charge in [0.2, 0.25) is 0 Å². The van der Waals surface area contributed by atoms with E-state index >= 15 is 0 Å². The Hall–Kier alpha value is -3.61. The molecule has 150 valence electrons. The van der Waals surface area contributed by atoms with Gasteiger partial charge in [0.15, 0.2) is 12.4 Å². The normalized spacial score (nSPS) is 10.7. The van der Waals surface area contributed by atoms with Gasteiger partial charge in [0.1, 0.15) is 23.6 Å². The molecule has 0 unspecified atom stereocenters. The first-order chi connectivity index (χ1) is 13.9. The number of hydrogen-bond acceptors (Lipinski definition) is 5. The zero-order valence-electron chi connectivity index (χ0n) is 16.2. The van der Waals surface area contributed by atoms with Gasteiger partial charge in [0.25, 0.3) is 5.91 Å². The van der Waals surface area contributed by atoms with Crippen LogP contribution in [-0.4, -0.2) is 47.9 Å². The Morgan fingerprint density at radius 1 is 1.07 bits per heavy atom. The molecule has 0 bridgehead atoms. The highest BCUT2D eigenvalue weighted by atomic mass is 16.5. The Morgan fingerprint density at radius 3 is 2.41 bits per heavy atom. The molecule has 0 aliphatic rings. The molecule has 0 fully saturated rings. The smallest absolute Gasteiger partial charge is 0.323 e. The molecule has 0 aliphatic carbocycles. The summed E-state index contributed by atoms with van der Waals surface area (Å²) in [6, 6.07) is 13.9. The predicted molar refractivity (Wildman–Crippen MR) is 106 cm³/mol. The number of rotatable bonds is 8. The number of likely N-dealkylation sites (N-methyl/N-ethyl adjacent to an activating group) is 1. The van der Waals surface area contributed by atoms with Crippen LogP contribution in [0.1, 0.15) is 28.6 Å². The van der Waals surface area contributed by atoms with E-state index in [-0.39, 0.29) is 12.4 Å². The van der Waals surface area contributed by atoms with Gasteiger partial charge in [-0.15, -0.1) is 0 Å². The van der Waals surface area contributed by atoms with Crippen LogP contribution >= 0.6 is 0 Å². The minimum Gasteiger partial charge on any atom is -0.484 e. The first-order valence-electron chi connectivity index (χ1n) is 9.14. The standard InChI is InChI=1S/C22H21NO6/c1-3-17-21(16-6-4-5-7-18(16)29-17)22(27)14-8-10-15(11-9-14)28-13-19(24)23(2)12-20(25)26/h4-11H,3,12-13H2,1-2H3,(H,25,26). The number of benzene rings is 2. The van der Waals surface area contributed by atoms with Crippen molar-refractivity contribution in [3.05, 3.63) is 65.4 Å². The highest BCUT2D eigenvalue weighted by Gasteiger charge is 2.21. The molecule has 0 saturated carbocycles. The quantitative estimate of drug-likeness (QED) is 0.589. The van der Waals surface area contributed by atoms with E-state index in [1.165, 1.54) is 7.05 Å². The molecule has 29 heavy (non-hydrogen) atoms. The van der Waals surface area contributed by atoms with Gasteiger partial charge in [-0.1, -0.05) is 25.1 Å². The number of carbonyl (C=O) groups is 3. The SMILES string of the molecule is CCc1oc2ccccc2c1C(=O)c1ccc(OCC(=O)N(C)CC(=O)O)cc1. The van der Waals surface area contributed by atoms with Crippen LogP contribution in [0.5, 0.6) is 5.75 Å². The van der Waals surface area contributed by atoms with Gasteiger partial charge in [0.05, 0.1) is 5.56 Å². The fourth-order valence-electron chi connectivity index (χ4n) is 2.99. The largest absolute Gasteiger partial charge is 0.484 e. The van der Waals surface area contributed by atoms with E-state index in [1.807, 2.05) is 31.2 Å². The van der Waals surface area contributed by atoms with Crippen LogP contribution in [0.4, 0.5) is 0 Å². The third-order valence-corrected chi connectivity index (χ3v) is 4.49. The average Bonchev–Trinajstić information content (AvgIpc) is 3.10. The van der Waals surface area contributed by atoms with Crippen LogP contribution < -0.4 is 4.74 Å². The lowest BCUT2D eigenvalue weighted by Gasteiger charge is -2.15. The van der Waals surface area contributed by atoms with Crippen molar-refractivity contribution in [2.75, 3.05) is 20.2 Å². The number of ketones is 1. The van der Waals surface area contributed by atoms with Crippen molar-refractivity contribution in [1.82, 2.24) is 4.90 Å². The number of para-hydroxylation sites is 1. The Balaban J connectivity index is 1.73. The van der Waals surface area contributed by atoms with Crippen LogP contribution in [0.15, 0.2) is 52.9 Å². The monoisotopic (exact) mass is 395 g/mol. The molecule has 1 N–H and O–H groups in total. The molecule has 0 aliphatic heterocycles. The summed E-state index contributed by atoms with van der Waals surface area (Å²) in [5.74, 6) is -0.641. The highest BCUT2D eigenvalue weighted by molar-refractivity contribution is 6.16. The Labute approximate surface area is 167 Å². The van der Waals surface area contributed by atoms with Gasteiger partial charge >= 0.3 is 5.97 Å². The van der Waals surface area contributed by atoms with E-state index in [4.69, 9.17) is 14.3 Å². The number of ether oxygens (including phenoxy) is 1. The topological polar surface area (TPSA) is 97.0 Å². The summed E-state index contributed by atoms with van der Waals surface area (Å²) >= 11 is 0. The summed E-state index contributed by atoms with van der Waals surface area (Å²) in [5, 5.41) is 9.49. The van der Waals surface area contributed by atoms with Crippen molar-refractivity contribution in [2.24, 2.45) is 0 Å². The molecule has 2 aromatic carbocycles. The van der Waals surface area contributed by atoms with E-state index in [2.05, 4.69) is 0 Å². The minimum absolute atomic E-state index is 0.143. The predicted octanol–water partition coefficient (Wildman–Crippen LogP) is 3.15. The van der Waals surface area contributed by atoms with Gasteiger partial charge in [-0.3, -0.25) is 14.4 Å². The van der Waals surface area contributed by atoms with Crippen molar-refractivity contribution >= 4 is 28.6 Å². The number of carboxylic acids is 1. The summed E-state index contributed by atoms with van der Waals surface area (Å²) in [7, 11) is 1.39. The van der Waals surface area contributed by atoms with Crippen molar-refractivity contribution in [2.45, 2.75) is 13.3 Å². The number of amides is 1. The maximum absolute atomic E-state index is 13.1. The van der Waals surface area contributed by atoms with E-state index in [1.54, 1.807) is 24.3 Å². The number of aryl methyl sites for hydroxylation is 1. The number of hydrogen-bond donors (Lipinski definition) is 1. The number of fused-ring (bicyclic) bond motifs is 1. The second-order valence-corrected chi connectivity index (χ2v) is 6.54. The lowest BCUT2D eigenvalue weighted by molar-refractivity contribution is -0.144. The average molecular weight is 395 g/mol. The first kappa shape index (κ1) is 20.1. The number of furan rings is 1. The van der Waals surface area contributed by atoms with Crippen LogP contribution in [0.25, 0.3) is 11.0 Å². The molecule has 1 aromatic heterocycles. The first-order valence-corrected chi connectivity index (χ1v) is 9.14. The third-order valence-electron chi connectivity index (χ3n) is 4.49. The van der Waals surface area contributed by atoms with Crippen molar-refractivity contribution in [3.8, 4) is 5.75 Å². The molecule has 0 atom stereocenters. The molecule has 0 spiro atoms. The minimum atomic E-state index is -1.10. The zero-order valence-corrected chi connectivity index (χ0v) is 16.2. The molecular formula is C22H21NO6. The summed E-state index contributed by atoms with van der Waals surface area (Å²) in [5.41, 5.74) is 1.71. The molecule has 0 saturated heterocycles. The summed E-state index contributed by atoms with van der Waals surface area (Å²) in [6.45, 7) is 1.25. The summed E-state index contributed by atoms with van der Waals surface area (Å²) < 4.78 is 11.2. The number of nitrogens with zero attached hydrogens (tertiary/aromatic N) is 1. The lowest BCUT2D eigenvalue weighted by atomic mass is 9.99. The number of carboxylic acid groups (broad SMARTS) is 1. The van der Waals surface area contributed by atoms with E-state index in [0.29, 0.717) is 34.6 Å². The molecule has 1 heterocycles. The summed E-state index contributed by atoms with van der Waals surface area (Å²) in [6.07, 6.45) is 0.600. The molecule has 7 nitrogen and oxygen atoms in total. The Bertz CT molecular complexity index is 1050. The molecular weight excluding hydrogens is 374 g/mol. The van der Waals surface area contributed by atoms with Crippen molar-refractivity contribution in [1.29, 1.82) is 0 Å². The van der Waals surface area contributed by atoms with Crippen LogP contribution in [0.3, 0.4) is 0 Å². The second kappa shape index (κ2) is 8.60. The van der Waals surface area contributed by atoms with Gasteiger partial charge in [-0.25, -0.2) is 0 Å². The van der Waals surface area contributed by atoms with E-state index in [0.717, 1.165) is 10.3 Å².